The van der Waals surface area contributed by atoms with Crippen molar-refractivity contribution >= 4 is 23.3 Å². The third-order valence-corrected chi connectivity index (χ3v) is 3.57. The van der Waals surface area contributed by atoms with Gasteiger partial charge in [0.05, 0.1) is 5.60 Å². The fraction of sp³-hybridized carbons (Fsp3) is 0.500. The molecule has 0 unspecified atom stereocenters. The summed E-state index contributed by atoms with van der Waals surface area (Å²) in [6.45, 7) is 3.92. The van der Waals surface area contributed by atoms with Crippen LogP contribution >= 0.6 is 11.6 Å². The summed E-state index contributed by atoms with van der Waals surface area (Å²) >= 11 is 5.83. The molecule has 0 spiro atoms. The predicted octanol–water partition coefficient (Wildman–Crippen LogP) is 2.78. The second kappa shape index (κ2) is 6.78. The van der Waals surface area contributed by atoms with E-state index >= 15 is 0 Å². The number of carboxylic acid groups (broad SMARTS) is 1. The summed E-state index contributed by atoms with van der Waals surface area (Å²) in [5.41, 5.74) is -0.137. The van der Waals surface area contributed by atoms with Crippen molar-refractivity contribution in [2.45, 2.75) is 32.3 Å². The highest BCUT2D eigenvalue weighted by Crippen LogP contribution is 2.23. The summed E-state index contributed by atoms with van der Waals surface area (Å²) in [5.74, 6) is -0.926. The van der Waals surface area contributed by atoms with Crippen molar-refractivity contribution in [3.05, 3.63) is 29.3 Å². The highest BCUT2D eigenvalue weighted by atomic mass is 35.5. The van der Waals surface area contributed by atoms with Crippen molar-refractivity contribution in [3.63, 3.8) is 0 Å². The molecule has 0 amide bonds. The van der Waals surface area contributed by atoms with E-state index in [9.17, 15) is 9.90 Å². The Morgan fingerprint density at radius 1 is 1.26 bits per heavy atom. The zero-order valence-corrected chi connectivity index (χ0v) is 12.0. The lowest BCUT2D eigenvalue weighted by Crippen LogP contribution is -2.44. The largest absolute Gasteiger partial charge is 0.480 e. The fourth-order valence-electron chi connectivity index (χ4n) is 1.88. The third kappa shape index (κ3) is 4.73. The summed E-state index contributed by atoms with van der Waals surface area (Å²) in [7, 11) is 0. The van der Waals surface area contributed by atoms with E-state index in [1.54, 1.807) is 29.2 Å². The normalized spacial score (nSPS) is 11.4. The molecule has 0 atom stereocenters. The minimum Gasteiger partial charge on any atom is -0.480 e. The van der Waals surface area contributed by atoms with E-state index in [4.69, 9.17) is 16.7 Å². The van der Waals surface area contributed by atoms with Crippen LogP contribution in [-0.4, -0.2) is 34.9 Å². The molecule has 0 saturated carbocycles. The molecule has 0 aliphatic rings. The van der Waals surface area contributed by atoms with Gasteiger partial charge >= 0.3 is 5.97 Å². The van der Waals surface area contributed by atoms with Gasteiger partial charge in [-0.15, -0.1) is 0 Å². The number of nitrogens with zero attached hydrogens (tertiary/aromatic N) is 1. The van der Waals surface area contributed by atoms with Gasteiger partial charge in [0.2, 0.25) is 0 Å². The molecule has 1 rings (SSSR count). The molecule has 0 aliphatic carbocycles. The monoisotopic (exact) mass is 285 g/mol. The highest BCUT2D eigenvalue weighted by Gasteiger charge is 2.26. The molecular weight excluding hydrogens is 266 g/mol. The van der Waals surface area contributed by atoms with Crippen LogP contribution in [0.2, 0.25) is 5.02 Å². The van der Waals surface area contributed by atoms with Crippen LogP contribution in [0.4, 0.5) is 5.69 Å². The highest BCUT2D eigenvalue weighted by molar-refractivity contribution is 6.30. The molecule has 2 N–H and O–H groups in total. The van der Waals surface area contributed by atoms with Crippen molar-refractivity contribution in [1.29, 1.82) is 0 Å². The quantitative estimate of drug-likeness (QED) is 0.809. The van der Waals surface area contributed by atoms with Crippen LogP contribution in [0.3, 0.4) is 0 Å². The predicted molar refractivity (Wildman–Crippen MR) is 76.8 cm³/mol. The molecule has 19 heavy (non-hydrogen) atoms. The SMILES string of the molecule is CCC(O)(CC)CN(CC(=O)O)c1ccc(Cl)cc1. The Labute approximate surface area is 118 Å². The van der Waals surface area contributed by atoms with Gasteiger partial charge in [0.1, 0.15) is 6.54 Å². The molecule has 106 valence electrons. The van der Waals surface area contributed by atoms with E-state index in [1.165, 1.54) is 0 Å². The van der Waals surface area contributed by atoms with Gasteiger partial charge in [-0.25, -0.2) is 0 Å². The maximum atomic E-state index is 11.0. The maximum Gasteiger partial charge on any atom is 0.323 e. The van der Waals surface area contributed by atoms with Crippen LogP contribution in [0, 0.1) is 0 Å². The zero-order chi connectivity index (χ0) is 14.5. The lowest BCUT2D eigenvalue weighted by atomic mass is 9.96. The van der Waals surface area contributed by atoms with Gasteiger partial charge < -0.3 is 15.1 Å². The first-order valence-electron chi connectivity index (χ1n) is 6.35. The summed E-state index contributed by atoms with van der Waals surface area (Å²) in [5, 5.41) is 20.0. The van der Waals surface area contributed by atoms with Crippen molar-refractivity contribution < 1.29 is 15.0 Å². The molecule has 0 bridgehead atoms. The van der Waals surface area contributed by atoms with Crippen LogP contribution in [0.15, 0.2) is 24.3 Å². The topological polar surface area (TPSA) is 60.8 Å². The van der Waals surface area contributed by atoms with Crippen molar-refractivity contribution in [2.75, 3.05) is 18.0 Å². The second-order valence-corrected chi connectivity index (χ2v) is 5.09. The Morgan fingerprint density at radius 2 is 1.79 bits per heavy atom. The summed E-state index contributed by atoms with van der Waals surface area (Å²) in [6, 6.07) is 6.94. The maximum absolute atomic E-state index is 11.0. The fourth-order valence-corrected chi connectivity index (χ4v) is 2.01. The molecule has 0 saturated heterocycles. The van der Waals surface area contributed by atoms with Crippen LogP contribution < -0.4 is 4.90 Å². The average molecular weight is 286 g/mol. The van der Waals surface area contributed by atoms with Crippen LogP contribution in [0.1, 0.15) is 26.7 Å². The van der Waals surface area contributed by atoms with E-state index in [2.05, 4.69) is 0 Å². The standard InChI is InChI=1S/C14H20ClNO3/c1-3-14(19,4-2)10-16(9-13(17)18)12-7-5-11(15)6-8-12/h5-8,19H,3-4,9-10H2,1-2H3,(H,17,18). The Balaban J connectivity index is 2.94. The van der Waals surface area contributed by atoms with Gasteiger partial charge in [0, 0.05) is 17.3 Å². The van der Waals surface area contributed by atoms with Gasteiger partial charge in [0.15, 0.2) is 0 Å². The van der Waals surface area contributed by atoms with Gasteiger partial charge in [-0.1, -0.05) is 25.4 Å². The third-order valence-electron chi connectivity index (χ3n) is 3.32. The lowest BCUT2D eigenvalue weighted by Gasteiger charge is -2.33. The molecule has 1 aromatic carbocycles. The number of benzene rings is 1. The van der Waals surface area contributed by atoms with Gasteiger partial charge in [-0.05, 0) is 37.1 Å². The van der Waals surface area contributed by atoms with Gasteiger partial charge in [-0.2, -0.15) is 0 Å². The molecule has 5 heteroatoms. The van der Waals surface area contributed by atoms with Crippen molar-refractivity contribution in [3.8, 4) is 0 Å². The van der Waals surface area contributed by atoms with Crippen LogP contribution in [0.25, 0.3) is 0 Å². The summed E-state index contributed by atoms with van der Waals surface area (Å²) in [4.78, 5) is 12.6. The first-order valence-corrected chi connectivity index (χ1v) is 6.72. The number of aliphatic carboxylic acids is 1. The molecule has 0 aliphatic heterocycles. The summed E-state index contributed by atoms with van der Waals surface area (Å²) < 4.78 is 0. The number of carbonyl (C=O) groups is 1. The number of aliphatic hydroxyl groups is 1. The number of hydrogen-bond donors (Lipinski definition) is 2. The molecule has 4 nitrogen and oxygen atoms in total. The average Bonchev–Trinajstić information content (AvgIpc) is 2.38. The van der Waals surface area contributed by atoms with E-state index in [-0.39, 0.29) is 13.1 Å². The van der Waals surface area contributed by atoms with Crippen molar-refractivity contribution in [1.82, 2.24) is 0 Å². The van der Waals surface area contributed by atoms with E-state index in [1.807, 2.05) is 13.8 Å². The number of carboxylic acids is 1. The van der Waals surface area contributed by atoms with E-state index < -0.39 is 11.6 Å². The van der Waals surface area contributed by atoms with E-state index in [0.29, 0.717) is 17.9 Å². The molecule has 0 aromatic heterocycles. The number of halogens is 1. The molecule has 0 heterocycles. The smallest absolute Gasteiger partial charge is 0.323 e. The Morgan fingerprint density at radius 3 is 2.21 bits per heavy atom. The number of hydrogen-bond acceptors (Lipinski definition) is 3. The minimum absolute atomic E-state index is 0.149. The molecule has 1 aromatic rings. The summed E-state index contributed by atoms with van der Waals surface area (Å²) in [6.07, 6.45) is 1.15. The van der Waals surface area contributed by atoms with Crippen molar-refractivity contribution in [2.24, 2.45) is 0 Å². The molecule has 0 radical (unpaired) electrons. The first kappa shape index (κ1) is 15.8. The zero-order valence-electron chi connectivity index (χ0n) is 11.3. The Hall–Kier alpha value is -1.26. The first-order chi connectivity index (χ1) is 8.90. The Bertz CT molecular complexity index is 415. The molecular formula is C14H20ClNO3. The minimum atomic E-state index is -0.926. The Kier molecular flexibility index (Phi) is 5.63. The second-order valence-electron chi connectivity index (χ2n) is 4.66. The van der Waals surface area contributed by atoms with Crippen LogP contribution in [0.5, 0.6) is 0 Å². The number of rotatable bonds is 7. The number of anilines is 1. The van der Waals surface area contributed by atoms with Gasteiger partial charge in [-0.3, -0.25) is 4.79 Å². The van der Waals surface area contributed by atoms with Crippen LogP contribution in [-0.2, 0) is 4.79 Å². The molecule has 0 fully saturated rings. The lowest BCUT2D eigenvalue weighted by molar-refractivity contribution is -0.135. The van der Waals surface area contributed by atoms with Gasteiger partial charge in [0.25, 0.3) is 0 Å². The van der Waals surface area contributed by atoms with E-state index in [0.717, 1.165) is 5.69 Å².